The standard InChI is InChI=1S/C26H26Cl2O9S/c1-13-8-10-17(11-9-13)38-26-24(37-25(32)21-18(27)6-5-7-19(21)28)23(35-16(4)31)22(34-15(3)30)20(36-26)12-33-14(2)29/h5-11,20,22-24,26H,12H2,1-4H3/t20-,22+,23+,24-,26+/m1/s1. The van der Waals surface area contributed by atoms with Crippen LogP contribution in [0.25, 0.3) is 0 Å². The van der Waals surface area contributed by atoms with E-state index in [1.165, 1.54) is 30.8 Å². The molecule has 38 heavy (non-hydrogen) atoms. The van der Waals surface area contributed by atoms with Gasteiger partial charge in [-0.2, -0.15) is 0 Å². The first-order valence-corrected chi connectivity index (χ1v) is 13.1. The zero-order valence-corrected chi connectivity index (χ0v) is 23.3. The van der Waals surface area contributed by atoms with Gasteiger partial charge in [0.1, 0.15) is 18.1 Å². The summed E-state index contributed by atoms with van der Waals surface area (Å²) in [5.41, 5.74) is -0.0575. The second-order valence-corrected chi connectivity index (χ2v) is 10.4. The zero-order valence-electron chi connectivity index (χ0n) is 21.0. The van der Waals surface area contributed by atoms with Crippen LogP contribution >= 0.6 is 35.0 Å². The molecular formula is C26H26Cl2O9S. The summed E-state index contributed by atoms with van der Waals surface area (Å²) in [6.07, 6.45) is -4.93. The predicted octanol–water partition coefficient (Wildman–Crippen LogP) is 4.77. The minimum absolute atomic E-state index is 0.0512. The van der Waals surface area contributed by atoms with Crippen LogP contribution in [0.4, 0.5) is 0 Å². The van der Waals surface area contributed by atoms with Gasteiger partial charge in [0.15, 0.2) is 18.3 Å². The predicted molar refractivity (Wildman–Crippen MR) is 139 cm³/mol. The molecule has 0 N–H and O–H groups in total. The lowest BCUT2D eigenvalue weighted by molar-refractivity contribution is -0.231. The number of benzene rings is 2. The van der Waals surface area contributed by atoms with Crippen LogP contribution < -0.4 is 0 Å². The van der Waals surface area contributed by atoms with Crippen molar-refractivity contribution in [2.45, 2.75) is 62.4 Å². The second kappa shape index (κ2) is 13.3. The molecule has 2 aromatic rings. The van der Waals surface area contributed by atoms with Gasteiger partial charge in [-0.15, -0.1) is 0 Å². The molecule has 0 aromatic heterocycles. The molecule has 0 saturated carbocycles. The van der Waals surface area contributed by atoms with Crippen LogP contribution in [0.5, 0.6) is 0 Å². The number of carbonyl (C=O) groups is 4. The summed E-state index contributed by atoms with van der Waals surface area (Å²) in [6.45, 7) is 5.15. The maximum Gasteiger partial charge on any atom is 0.341 e. The first kappa shape index (κ1) is 29.8. The molecule has 0 aliphatic carbocycles. The Labute approximate surface area is 234 Å². The minimum Gasteiger partial charge on any atom is -0.463 e. The number of halogens is 2. The Kier molecular flexibility index (Phi) is 10.4. The first-order chi connectivity index (χ1) is 18.0. The number of rotatable bonds is 8. The van der Waals surface area contributed by atoms with Gasteiger partial charge < -0.3 is 23.7 Å². The normalized spacial score (nSPS) is 22.7. The van der Waals surface area contributed by atoms with Crippen LogP contribution in [-0.4, -0.2) is 60.3 Å². The third kappa shape index (κ3) is 7.86. The van der Waals surface area contributed by atoms with Crippen molar-refractivity contribution >= 4 is 58.8 Å². The van der Waals surface area contributed by atoms with Crippen LogP contribution in [0, 0.1) is 6.92 Å². The summed E-state index contributed by atoms with van der Waals surface area (Å²) >= 11 is 13.6. The van der Waals surface area contributed by atoms with Crippen molar-refractivity contribution in [3.8, 4) is 0 Å². The largest absolute Gasteiger partial charge is 0.463 e. The molecule has 0 bridgehead atoms. The summed E-state index contributed by atoms with van der Waals surface area (Å²) in [6, 6.07) is 12.0. The summed E-state index contributed by atoms with van der Waals surface area (Å²) in [5.74, 6) is -2.94. The van der Waals surface area contributed by atoms with Gasteiger partial charge >= 0.3 is 23.9 Å². The van der Waals surface area contributed by atoms with E-state index < -0.39 is 53.7 Å². The molecule has 12 heteroatoms. The van der Waals surface area contributed by atoms with Crippen LogP contribution in [-0.2, 0) is 38.1 Å². The number of aryl methyl sites for hydroxylation is 1. The highest BCUT2D eigenvalue weighted by atomic mass is 35.5. The molecule has 5 atom stereocenters. The molecule has 0 radical (unpaired) electrons. The van der Waals surface area contributed by atoms with Crippen molar-refractivity contribution in [2.75, 3.05) is 6.61 Å². The average Bonchev–Trinajstić information content (AvgIpc) is 2.82. The highest BCUT2D eigenvalue weighted by Gasteiger charge is 2.52. The molecule has 0 spiro atoms. The van der Waals surface area contributed by atoms with Crippen molar-refractivity contribution in [1.82, 2.24) is 0 Å². The van der Waals surface area contributed by atoms with E-state index in [9.17, 15) is 19.2 Å². The van der Waals surface area contributed by atoms with Gasteiger partial charge in [0, 0.05) is 25.7 Å². The monoisotopic (exact) mass is 584 g/mol. The smallest absolute Gasteiger partial charge is 0.341 e. The van der Waals surface area contributed by atoms with E-state index in [2.05, 4.69) is 0 Å². The van der Waals surface area contributed by atoms with Crippen LogP contribution in [0.3, 0.4) is 0 Å². The SMILES string of the molecule is CC(=O)OC[C@H]1O[C@@H](Sc2ccc(C)cc2)[C@H](OC(=O)c2c(Cl)cccc2Cl)[C@@H](OC(C)=O)[C@H]1OC(C)=O. The van der Waals surface area contributed by atoms with Crippen LogP contribution in [0.2, 0.25) is 10.0 Å². The van der Waals surface area contributed by atoms with Gasteiger partial charge in [-0.3, -0.25) is 14.4 Å². The van der Waals surface area contributed by atoms with Crippen LogP contribution in [0.1, 0.15) is 36.7 Å². The van der Waals surface area contributed by atoms with Crippen molar-refractivity contribution < 1.29 is 42.9 Å². The molecular weight excluding hydrogens is 559 g/mol. The van der Waals surface area contributed by atoms with Gasteiger partial charge in [-0.25, -0.2) is 4.79 Å². The Hall–Kier alpha value is -2.79. The molecule has 0 amide bonds. The van der Waals surface area contributed by atoms with Gasteiger partial charge in [0.2, 0.25) is 0 Å². The fraction of sp³-hybridized carbons (Fsp3) is 0.385. The summed E-state index contributed by atoms with van der Waals surface area (Å²) < 4.78 is 28.1. The van der Waals surface area contributed by atoms with Crippen molar-refractivity contribution in [3.05, 3.63) is 63.6 Å². The molecule has 9 nitrogen and oxygen atoms in total. The van der Waals surface area contributed by atoms with Gasteiger partial charge in [0.05, 0.1) is 15.6 Å². The second-order valence-electron chi connectivity index (χ2n) is 8.39. The van der Waals surface area contributed by atoms with Crippen molar-refractivity contribution in [3.63, 3.8) is 0 Å². The number of hydrogen-bond acceptors (Lipinski definition) is 10. The molecule has 204 valence electrons. The maximum atomic E-state index is 13.3. The molecule has 1 heterocycles. The van der Waals surface area contributed by atoms with E-state index in [-0.39, 0.29) is 22.2 Å². The Balaban J connectivity index is 2.06. The van der Waals surface area contributed by atoms with E-state index in [1.54, 1.807) is 6.07 Å². The number of ether oxygens (including phenoxy) is 5. The lowest BCUT2D eigenvalue weighted by atomic mass is 9.99. The molecule has 1 saturated heterocycles. The van der Waals surface area contributed by atoms with Crippen molar-refractivity contribution in [2.24, 2.45) is 0 Å². The zero-order chi connectivity index (χ0) is 28.0. The number of esters is 4. The molecule has 0 unspecified atom stereocenters. The lowest BCUT2D eigenvalue weighted by Gasteiger charge is -2.44. The number of hydrogen-bond donors (Lipinski definition) is 0. The van der Waals surface area contributed by atoms with Gasteiger partial charge in [0.25, 0.3) is 0 Å². The third-order valence-electron chi connectivity index (χ3n) is 5.33. The number of thioether (sulfide) groups is 1. The maximum absolute atomic E-state index is 13.3. The number of carbonyl (C=O) groups excluding carboxylic acids is 4. The highest BCUT2D eigenvalue weighted by Crippen LogP contribution is 2.38. The highest BCUT2D eigenvalue weighted by molar-refractivity contribution is 7.99. The molecule has 3 rings (SSSR count). The molecule has 1 aliphatic rings. The molecule has 1 fully saturated rings. The summed E-state index contributed by atoms with van der Waals surface area (Å²) in [4.78, 5) is 49.7. The third-order valence-corrected chi connectivity index (χ3v) is 7.12. The average molecular weight is 585 g/mol. The lowest BCUT2D eigenvalue weighted by Crippen LogP contribution is -2.61. The topological polar surface area (TPSA) is 114 Å². The quantitative estimate of drug-likeness (QED) is 0.317. The first-order valence-electron chi connectivity index (χ1n) is 11.5. The van der Waals surface area contributed by atoms with Crippen LogP contribution in [0.15, 0.2) is 47.4 Å². The van der Waals surface area contributed by atoms with E-state index in [0.717, 1.165) is 24.3 Å². The Morgan fingerprint density at radius 1 is 0.816 bits per heavy atom. The molecule has 1 aliphatic heterocycles. The minimum atomic E-state index is -1.32. The Bertz CT molecular complexity index is 1170. The van der Waals surface area contributed by atoms with E-state index in [1.807, 2.05) is 31.2 Å². The fourth-order valence-corrected chi connectivity index (χ4v) is 5.37. The van der Waals surface area contributed by atoms with E-state index in [4.69, 9.17) is 46.9 Å². The summed E-state index contributed by atoms with van der Waals surface area (Å²) in [5, 5.41) is 0.102. The molecule has 2 aromatic carbocycles. The van der Waals surface area contributed by atoms with Gasteiger partial charge in [-0.05, 0) is 31.2 Å². The summed E-state index contributed by atoms with van der Waals surface area (Å²) in [7, 11) is 0. The van der Waals surface area contributed by atoms with E-state index >= 15 is 0 Å². The fourth-order valence-electron chi connectivity index (χ4n) is 3.72. The van der Waals surface area contributed by atoms with E-state index in [0.29, 0.717) is 0 Å². The van der Waals surface area contributed by atoms with Crippen molar-refractivity contribution in [1.29, 1.82) is 0 Å². The Morgan fingerprint density at radius 3 is 1.95 bits per heavy atom. The Morgan fingerprint density at radius 2 is 1.39 bits per heavy atom. The van der Waals surface area contributed by atoms with Gasteiger partial charge in [-0.1, -0.05) is 58.7 Å².